The zero-order valence-electron chi connectivity index (χ0n) is 25.9. The summed E-state index contributed by atoms with van der Waals surface area (Å²) >= 11 is 0. The van der Waals surface area contributed by atoms with E-state index >= 15 is 4.39 Å². The van der Waals surface area contributed by atoms with Gasteiger partial charge in [0.1, 0.15) is 12.4 Å². The Labute approximate surface area is 256 Å². The van der Waals surface area contributed by atoms with E-state index in [2.05, 4.69) is 13.0 Å². The van der Waals surface area contributed by atoms with E-state index in [-0.39, 0.29) is 23.7 Å². The Balaban J connectivity index is 1.17. The molecule has 0 heterocycles. The lowest BCUT2D eigenvalue weighted by atomic mass is 9.68. The molecule has 0 aromatic heterocycles. The third-order valence-electron chi connectivity index (χ3n) is 10.1. The van der Waals surface area contributed by atoms with E-state index in [1.807, 2.05) is 13.0 Å². The summed E-state index contributed by atoms with van der Waals surface area (Å²) in [4.78, 5) is 0. The highest BCUT2D eigenvalue weighted by molar-refractivity contribution is 5.71. The smallest absolute Gasteiger partial charge is 0.201 e. The van der Waals surface area contributed by atoms with E-state index in [0.717, 1.165) is 36.2 Å². The molecule has 4 heteroatoms. The topological polar surface area (TPSA) is 9.23 Å². The Morgan fingerprint density at radius 1 is 0.721 bits per heavy atom. The Kier molecular flexibility index (Phi) is 11.1. The second-order valence-electron chi connectivity index (χ2n) is 12.8. The number of ether oxygens (including phenoxy) is 1. The van der Waals surface area contributed by atoms with Gasteiger partial charge >= 0.3 is 0 Å². The minimum atomic E-state index is -1.01. The summed E-state index contributed by atoms with van der Waals surface area (Å²) in [7, 11) is 0. The van der Waals surface area contributed by atoms with Crippen molar-refractivity contribution >= 4 is 0 Å². The van der Waals surface area contributed by atoms with Crippen LogP contribution in [0.1, 0.15) is 102 Å². The van der Waals surface area contributed by atoms with Gasteiger partial charge in [-0.25, -0.2) is 8.78 Å². The lowest BCUT2D eigenvalue weighted by Crippen LogP contribution is -2.25. The minimum absolute atomic E-state index is 0.119. The van der Waals surface area contributed by atoms with Gasteiger partial charge in [0.15, 0.2) is 11.6 Å². The number of rotatable bonds is 11. The lowest BCUT2D eigenvalue weighted by Gasteiger charge is -2.38. The first kappa shape index (κ1) is 31.4. The van der Waals surface area contributed by atoms with Crippen molar-refractivity contribution in [2.75, 3.05) is 6.61 Å². The molecule has 0 saturated heterocycles. The van der Waals surface area contributed by atoms with Crippen LogP contribution < -0.4 is 4.74 Å². The normalized spacial score (nSPS) is 22.6. The Morgan fingerprint density at radius 2 is 1.35 bits per heavy atom. The molecule has 0 amide bonds. The maximum absolute atomic E-state index is 15.4. The Morgan fingerprint density at radius 3 is 1.98 bits per heavy atom. The van der Waals surface area contributed by atoms with Crippen LogP contribution in [0.15, 0.2) is 66.7 Å². The van der Waals surface area contributed by atoms with Crippen molar-refractivity contribution in [3.63, 3.8) is 0 Å². The van der Waals surface area contributed by atoms with Gasteiger partial charge in [-0.15, -0.1) is 0 Å². The van der Waals surface area contributed by atoms with E-state index in [0.29, 0.717) is 22.6 Å². The highest BCUT2D eigenvalue weighted by Gasteiger charge is 2.31. The van der Waals surface area contributed by atoms with Crippen molar-refractivity contribution in [1.82, 2.24) is 0 Å². The maximum Gasteiger partial charge on any atom is 0.201 e. The zero-order valence-corrected chi connectivity index (χ0v) is 25.9. The second-order valence-corrected chi connectivity index (χ2v) is 12.8. The molecule has 43 heavy (non-hydrogen) atoms. The fourth-order valence-corrected chi connectivity index (χ4v) is 7.50. The fraction of sp³-hybridized carbons (Fsp3) is 0.487. The van der Waals surface area contributed by atoms with Crippen LogP contribution in [-0.2, 0) is 0 Å². The molecule has 0 unspecified atom stereocenters. The number of benzene rings is 3. The maximum atomic E-state index is 15.4. The molecular weight excluding hydrogens is 541 g/mol. The highest BCUT2D eigenvalue weighted by Crippen LogP contribution is 2.45. The summed E-state index contributed by atoms with van der Waals surface area (Å²) in [6.07, 6.45) is 19.5. The standard InChI is InChI=1S/C39H47F3O/c1-3-5-7-8-27-9-11-28(12-10-27)29-13-15-30(16-14-29)33-21-22-34(36(40)26-33)31-17-19-32(20-18-31)35-23-24-37(39(42)38(35)41)43-25-6-4-2/h4,6,17-24,26-30H,3,5,7-16,25H2,1-2H3. The molecule has 0 bridgehead atoms. The average Bonchev–Trinajstić information content (AvgIpc) is 3.04. The van der Waals surface area contributed by atoms with Crippen molar-refractivity contribution in [2.24, 2.45) is 17.8 Å². The van der Waals surface area contributed by atoms with Gasteiger partial charge < -0.3 is 4.74 Å². The van der Waals surface area contributed by atoms with Crippen molar-refractivity contribution in [3.8, 4) is 28.0 Å². The minimum Gasteiger partial charge on any atom is -0.486 e. The molecule has 3 aromatic carbocycles. The Bertz CT molecular complexity index is 1350. The Hall–Kier alpha value is -3.01. The largest absolute Gasteiger partial charge is 0.486 e. The summed E-state index contributed by atoms with van der Waals surface area (Å²) in [5, 5.41) is 0. The van der Waals surface area contributed by atoms with Gasteiger partial charge in [0.25, 0.3) is 0 Å². The molecule has 230 valence electrons. The van der Waals surface area contributed by atoms with Gasteiger partial charge in [-0.1, -0.05) is 94.0 Å². The van der Waals surface area contributed by atoms with Crippen LogP contribution in [-0.4, -0.2) is 6.61 Å². The molecule has 0 aliphatic heterocycles. The van der Waals surface area contributed by atoms with Crippen LogP contribution in [0.5, 0.6) is 5.75 Å². The first-order chi connectivity index (χ1) is 21.0. The second kappa shape index (κ2) is 15.1. The van der Waals surface area contributed by atoms with Crippen molar-refractivity contribution < 1.29 is 17.9 Å². The highest BCUT2D eigenvalue weighted by atomic mass is 19.2. The predicted molar refractivity (Wildman–Crippen MR) is 172 cm³/mol. The van der Waals surface area contributed by atoms with Gasteiger partial charge in [0.05, 0.1) is 0 Å². The first-order valence-electron chi connectivity index (χ1n) is 16.6. The van der Waals surface area contributed by atoms with Gasteiger partial charge in [0.2, 0.25) is 5.82 Å². The zero-order chi connectivity index (χ0) is 30.2. The molecule has 2 aliphatic rings. The summed E-state index contributed by atoms with van der Waals surface area (Å²) < 4.78 is 50.1. The lowest BCUT2D eigenvalue weighted by molar-refractivity contribution is 0.155. The molecule has 5 rings (SSSR count). The monoisotopic (exact) mass is 588 g/mol. The summed E-state index contributed by atoms with van der Waals surface area (Å²) in [6, 6.07) is 15.6. The van der Waals surface area contributed by atoms with E-state index in [4.69, 9.17) is 4.74 Å². The third kappa shape index (κ3) is 7.75. The number of hydrogen-bond donors (Lipinski definition) is 0. The van der Waals surface area contributed by atoms with Crippen LogP contribution in [0.3, 0.4) is 0 Å². The number of allylic oxidation sites excluding steroid dienone is 1. The van der Waals surface area contributed by atoms with E-state index in [1.165, 1.54) is 76.3 Å². The van der Waals surface area contributed by atoms with Gasteiger partial charge in [-0.2, -0.15) is 4.39 Å². The molecule has 2 fully saturated rings. The first-order valence-corrected chi connectivity index (χ1v) is 16.6. The summed E-state index contributed by atoms with van der Waals surface area (Å²) in [5.74, 6) is 0.815. The van der Waals surface area contributed by atoms with Crippen molar-refractivity contribution in [2.45, 2.75) is 96.8 Å². The van der Waals surface area contributed by atoms with Crippen molar-refractivity contribution in [3.05, 3.63) is 89.8 Å². The summed E-state index contributed by atoms with van der Waals surface area (Å²) in [6.45, 7) is 4.29. The SMILES string of the molecule is CC=CCOc1ccc(-c2ccc(-c3ccc(C4CCC(C5CCC(CCCCC)CC5)CC4)cc3F)cc2)c(F)c1F. The molecular formula is C39H47F3O. The number of hydrogen-bond acceptors (Lipinski definition) is 1. The molecule has 2 aliphatic carbocycles. The quantitative estimate of drug-likeness (QED) is 0.160. The van der Waals surface area contributed by atoms with Gasteiger partial charge in [0, 0.05) is 11.1 Å². The van der Waals surface area contributed by atoms with Gasteiger partial charge in [-0.05, 0) is 104 Å². The molecule has 0 spiro atoms. The van der Waals surface area contributed by atoms with Crippen LogP contribution >= 0.6 is 0 Å². The molecule has 1 nitrogen and oxygen atoms in total. The average molecular weight is 589 g/mol. The summed E-state index contributed by atoms with van der Waals surface area (Å²) in [5.41, 5.74) is 3.02. The fourth-order valence-electron chi connectivity index (χ4n) is 7.50. The molecule has 0 radical (unpaired) electrons. The van der Waals surface area contributed by atoms with Crippen molar-refractivity contribution in [1.29, 1.82) is 0 Å². The van der Waals surface area contributed by atoms with Crippen LogP contribution in [0.2, 0.25) is 0 Å². The van der Waals surface area contributed by atoms with Crippen LogP contribution in [0.25, 0.3) is 22.3 Å². The number of halogens is 3. The third-order valence-corrected chi connectivity index (χ3v) is 10.1. The number of unbranched alkanes of at least 4 members (excludes halogenated alkanes) is 2. The van der Waals surface area contributed by atoms with E-state index in [9.17, 15) is 8.78 Å². The molecule has 0 atom stereocenters. The predicted octanol–water partition coefficient (Wildman–Crippen LogP) is 12.1. The van der Waals surface area contributed by atoms with E-state index < -0.39 is 11.6 Å². The molecule has 2 saturated carbocycles. The molecule has 3 aromatic rings. The van der Waals surface area contributed by atoms with E-state index in [1.54, 1.807) is 42.5 Å². The van der Waals surface area contributed by atoms with Crippen LogP contribution in [0, 0.1) is 35.2 Å². The molecule has 0 N–H and O–H groups in total. The van der Waals surface area contributed by atoms with Crippen LogP contribution in [0.4, 0.5) is 13.2 Å². The van der Waals surface area contributed by atoms with Gasteiger partial charge in [-0.3, -0.25) is 0 Å².